The Hall–Kier alpha value is -2.44. The molecular formula is C22H27N5S. The summed E-state index contributed by atoms with van der Waals surface area (Å²) >= 11 is 5.66. The van der Waals surface area contributed by atoms with Gasteiger partial charge in [-0.3, -0.25) is 4.90 Å². The molecule has 0 unspecified atom stereocenters. The number of aromatic nitrogens is 2. The van der Waals surface area contributed by atoms with Crippen molar-refractivity contribution >= 4 is 28.4 Å². The molecule has 6 heteroatoms. The quantitative estimate of drug-likeness (QED) is 0.559. The fraction of sp³-hybridized carbons (Fsp3) is 0.364. The van der Waals surface area contributed by atoms with Crippen LogP contribution in [0.3, 0.4) is 0 Å². The lowest BCUT2D eigenvalue weighted by molar-refractivity contribution is 0.267. The van der Waals surface area contributed by atoms with E-state index in [0.717, 1.165) is 29.7 Å². The number of aromatic amines is 1. The van der Waals surface area contributed by atoms with Crippen molar-refractivity contribution in [3.63, 3.8) is 0 Å². The number of hydrogen-bond acceptors (Lipinski definition) is 3. The molecule has 1 aliphatic heterocycles. The van der Waals surface area contributed by atoms with Gasteiger partial charge in [-0.25, -0.2) is 4.98 Å². The Morgan fingerprint density at radius 2 is 2.11 bits per heavy atom. The van der Waals surface area contributed by atoms with Crippen molar-refractivity contribution in [3.05, 3.63) is 66.0 Å². The van der Waals surface area contributed by atoms with Crippen LogP contribution in [-0.4, -0.2) is 45.7 Å². The van der Waals surface area contributed by atoms with Crippen LogP contribution in [-0.2, 0) is 0 Å². The van der Waals surface area contributed by atoms with Gasteiger partial charge in [0.1, 0.15) is 0 Å². The first-order valence-electron chi connectivity index (χ1n) is 10.0. The predicted molar refractivity (Wildman–Crippen MR) is 118 cm³/mol. The average Bonchev–Trinajstić information content (AvgIpc) is 3.39. The molecule has 1 saturated heterocycles. The van der Waals surface area contributed by atoms with Crippen molar-refractivity contribution in [2.75, 3.05) is 19.6 Å². The van der Waals surface area contributed by atoms with Crippen LogP contribution in [0.15, 0.2) is 54.9 Å². The van der Waals surface area contributed by atoms with Crippen molar-refractivity contribution in [2.45, 2.75) is 31.8 Å². The molecule has 0 aliphatic carbocycles. The van der Waals surface area contributed by atoms with E-state index in [1.54, 1.807) is 6.33 Å². The zero-order chi connectivity index (χ0) is 19.3. The molecule has 0 radical (unpaired) electrons. The van der Waals surface area contributed by atoms with Crippen LogP contribution >= 0.6 is 12.2 Å². The lowest BCUT2D eigenvalue weighted by atomic mass is 9.98. The van der Waals surface area contributed by atoms with E-state index in [-0.39, 0.29) is 6.04 Å². The molecule has 1 aromatic heterocycles. The normalized spacial score (nSPS) is 18.2. The summed E-state index contributed by atoms with van der Waals surface area (Å²) in [7, 11) is 0. The van der Waals surface area contributed by atoms with Crippen LogP contribution in [0.25, 0.3) is 11.0 Å². The van der Waals surface area contributed by atoms with Crippen molar-refractivity contribution in [1.82, 2.24) is 25.5 Å². The maximum absolute atomic E-state index is 5.66. The summed E-state index contributed by atoms with van der Waals surface area (Å²) in [6.07, 6.45) is 4.24. The summed E-state index contributed by atoms with van der Waals surface area (Å²) in [4.78, 5) is 10.0. The highest BCUT2D eigenvalue weighted by Crippen LogP contribution is 2.24. The van der Waals surface area contributed by atoms with Gasteiger partial charge in [0, 0.05) is 12.6 Å². The van der Waals surface area contributed by atoms with Crippen molar-refractivity contribution in [2.24, 2.45) is 0 Å². The zero-order valence-corrected chi connectivity index (χ0v) is 17.0. The summed E-state index contributed by atoms with van der Waals surface area (Å²) in [6.45, 7) is 5.41. The molecule has 2 heterocycles. The Morgan fingerprint density at radius 3 is 2.93 bits per heavy atom. The third-order valence-electron chi connectivity index (χ3n) is 5.59. The molecule has 2 aromatic carbocycles. The second-order valence-electron chi connectivity index (χ2n) is 7.30. The van der Waals surface area contributed by atoms with Gasteiger partial charge in [0.2, 0.25) is 0 Å². The monoisotopic (exact) mass is 393 g/mol. The maximum atomic E-state index is 5.66. The Balaban J connectivity index is 1.50. The number of nitrogens with zero attached hydrogens (tertiary/aromatic N) is 2. The number of thiocarbonyl (C=S) groups is 1. The summed E-state index contributed by atoms with van der Waals surface area (Å²) in [5, 5.41) is 7.68. The fourth-order valence-electron chi connectivity index (χ4n) is 4.07. The molecule has 0 saturated carbocycles. The molecule has 3 N–H and O–H groups in total. The topological polar surface area (TPSA) is 56.0 Å². The second kappa shape index (κ2) is 8.71. The number of likely N-dealkylation sites (N-methyl/N-ethyl adjacent to an activating group) is 1. The minimum atomic E-state index is -0.0141. The van der Waals surface area contributed by atoms with Crippen LogP contribution in [0, 0.1) is 0 Å². The van der Waals surface area contributed by atoms with E-state index in [4.69, 9.17) is 12.2 Å². The fourth-order valence-corrected chi connectivity index (χ4v) is 4.27. The first-order chi connectivity index (χ1) is 13.7. The third kappa shape index (κ3) is 4.18. The Labute approximate surface area is 171 Å². The van der Waals surface area contributed by atoms with Crippen LogP contribution in [0.4, 0.5) is 0 Å². The summed E-state index contributed by atoms with van der Waals surface area (Å²) in [6, 6.07) is 17.3. The second-order valence-corrected chi connectivity index (χ2v) is 7.71. The highest BCUT2D eigenvalue weighted by Gasteiger charge is 2.23. The number of nitrogens with one attached hydrogen (secondary N) is 3. The Bertz CT molecular complexity index is 923. The van der Waals surface area contributed by atoms with E-state index in [1.165, 1.54) is 24.9 Å². The third-order valence-corrected chi connectivity index (χ3v) is 5.85. The highest BCUT2D eigenvalue weighted by atomic mass is 32.1. The molecule has 0 spiro atoms. The van der Waals surface area contributed by atoms with Gasteiger partial charge in [-0.15, -0.1) is 0 Å². The molecule has 1 aliphatic rings. The van der Waals surface area contributed by atoms with Crippen molar-refractivity contribution in [3.8, 4) is 0 Å². The molecule has 2 atom stereocenters. The number of benzene rings is 2. The van der Waals surface area contributed by atoms with E-state index < -0.39 is 0 Å². The van der Waals surface area contributed by atoms with Crippen LogP contribution in [0.1, 0.15) is 36.9 Å². The number of likely N-dealkylation sites (tertiary alicyclic amines) is 1. The first kappa shape index (κ1) is 18.9. The van der Waals surface area contributed by atoms with E-state index in [0.29, 0.717) is 11.2 Å². The smallest absolute Gasteiger partial charge is 0.167 e. The summed E-state index contributed by atoms with van der Waals surface area (Å²) in [5.74, 6) is 0. The van der Waals surface area contributed by atoms with E-state index >= 15 is 0 Å². The number of hydrogen-bond donors (Lipinski definition) is 3. The van der Waals surface area contributed by atoms with Gasteiger partial charge >= 0.3 is 0 Å². The molecule has 3 aromatic rings. The van der Waals surface area contributed by atoms with Gasteiger partial charge < -0.3 is 15.6 Å². The van der Waals surface area contributed by atoms with Crippen molar-refractivity contribution in [1.29, 1.82) is 0 Å². The lowest BCUT2D eigenvalue weighted by Gasteiger charge is -2.26. The van der Waals surface area contributed by atoms with Crippen LogP contribution < -0.4 is 10.6 Å². The zero-order valence-electron chi connectivity index (χ0n) is 16.2. The molecule has 5 nitrogen and oxygen atoms in total. The van der Waals surface area contributed by atoms with Crippen LogP contribution in [0.2, 0.25) is 0 Å². The molecule has 0 bridgehead atoms. The van der Waals surface area contributed by atoms with Gasteiger partial charge in [-0.1, -0.05) is 43.3 Å². The Kier molecular flexibility index (Phi) is 5.88. The van der Waals surface area contributed by atoms with E-state index in [2.05, 4.69) is 68.8 Å². The van der Waals surface area contributed by atoms with Gasteiger partial charge in [0.25, 0.3) is 0 Å². The summed E-state index contributed by atoms with van der Waals surface area (Å²) in [5.41, 5.74) is 4.34. The molecule has 1 fully saturated rings. The largest absolute Gasteiger partial charge is 0.361 e. The highest BCUT2D eigenvalue weighted by molar-refractivity contribution is 7.80. The first-order valence-corrected chi connectivity index (χ1v) is 10.4. The number of fused-ring (bicyclic) bond motifs is 1. The predicted octanol–water partition coefficient (Wildman–Crippen LogP) is 3.60. The maximum Gasteiger partial charge on any atom is 0.167 e. The van der Waals surface area contributed by atoms with Gasteiger partial charge in [0.15, 0.2) is 5.11 Å². The number of H-pyrrole nitrogens is 1. The van der Waals surface area contributed by atoms with Gasteiger partial charge in [-0.05, 0) is 61.4 Å². The van der Waals surface area contributed by atoms with Crippen LogP contribution in [0.5, 0.6) is 0 Å². The SMILES string of the molecule is CCN1CCC[C@H]1CNC(=S)N[C@@H](c1ccccc1)c1ccc2nc[nH]c2c1. The van der Waals surface area contributed by atoms with E-state index in [9.17, 15) is 0 Å². The van der Waals surface area contributed by atoms with Gasteiger partial charge in [0.05, 0.1) is 23.4 Å². The van der Waals surface area contributed by atoms with Gasteiger partial charge in [-0.2, -0.15) is 0 Å². The summed E-state index contributed by atoms with van der Waals surface area (Å²) < 4.78 is 0. The lowest BCUT2D eigenvalue weighted by Crippen LogP contribution is -2.44. The molecule has 28 heavy (non-hydrogen) atoms. The molecule has 0 amide bonds. The molecular weight excluding hydrogens is 366 g/mol. The molecule has 4 rings (SSSR count). The van der Waals surface area contributed by atoms with Crippen molar-refractivity contribution < 1.29 is 0 Å². The Morgan fingerprint density at radius 1 is 1.25 bits per heavy atom. The standard InChI is InChI=1S/C22H27N5S/c1-2-27-12-6-9-18(27)14-23-22(28)26-21(16-7-4-3-5-8-16)17-10-11-19-20(13-17)25-15-24-19/h3-5,7-8,10-11,13,15,18,21H,2,6,9,12,14H2,1H3,(H,24,25)(H2,23,26,28)/t18-,21-/m0/s1. The minimum absolute atomic E-state index is 0.0141. The van der Waals surface area contributed by atoms with E-state index in [1.807, 2.05) is 12.1 Å². The minimum Gasteiger partial charge on any atom is -0.361 e. The average molecular weight is 394 g/mol. The number of imidazole rings is 1. The number of rotatable bonds is 6. The molecule has 146 valence electrons.